The zero-order valence-electron chi connectivity index (χ0n) is 17.5. The maximum Gasteiger partial charge on any atom is 0.338 e. The molecule has 1 aliphatic heterocycles. The number of allylic oxidation sites excluding steroid dienone is 2. The second-order valence-corrected chi connectivity index (χ2v) is 6.87. The third kappa shape index (κ3) is 4.54. The molecule has 1 aliphatic rings. The van der Waals surface area contributed by atoms with Gasteiger partial charge < -0.3 is 19.9 Å². The normalized spacial score (nSPS) is 15.6. The molecule has 9 nitrogen and oxygen atoms in total. The van der Waals surface area contributed by atoms with Crippen molar-refractivity contribution in [2.45, 2.75) is 26.4 Å². The van der Waals surface area contributed by atoms with Crippen LogP contribution < -0.4 is 10.5 Å². The molecular weight excluding hydrogens is 414 g/mol. The van der Waals surface area contributed by atoms with Crippen LogP contribution in [0.4, 0.5) is 5.69 Å². The summed E-state index contributed by atoms with van der Waals surface area (Å²) in [6.45, 7) is 3.41. The predicted octanol–water partition coefficient (Wildman–Crippen LogP) is 3.82. The van der Waals surface area contributed by atoms with Crippen molar-refractivity contribution in [3.05, 3.63) is 92.6 Å². The molecule has 0 bridgehead atoms. The molecule has 9 heteroatoms. The zero-order valence-corrected chi connectivity index (χ0v) is 17.5. The van der Waals surface area contributed by atoms with Gasteiger partial charge in [0.2, 0.25) is 5.88 Å². The molecule has 0 saturated heterocycles. The van der Waals surface area contributed by atoms with Crippen LogP contribution in [0.2, 0.25) is 0 Å². The monoisotopic (exact) mass is 435 g/mol. The fourth-order valence-electron chi connectivity index (χ4n) is 3.40. The molecule has 1 unspecified atom stereocenters. The molecule has 0 aliphatic carbocycles. The maximum absolute atomic E-state index is 12.6. The lowest BCUT2D eigenvalue weighted by Gasteiger charge is -2.26. The molecule has 32 heavy (non-hydrogen) atoms. The van der Waals surface area contributed by atoms with Crippen molar-refractivity contribution in [2.75, 3.05) is 6.61 Å². The lowest BCUT2D eigenvalue weighted by molar-refractivity contribution is -0.386. The molecule has 3 rings (SSSR count). The highest BCUT2D eigenvalue weighted by Crippen LogP contribution is 2.42. The van der Waals surface area contributed by atoms with Crippen molar-refractivity contribution in [3.8, 4) is 11.8 Å². The summed E-state index contributed by atoms with van der Waals surface area (Å²) in [5.41, 5.74) is 6.76. The van der Waals surface area contributed by atoms with E-state index < -0.39 is 16.8 Å². The van der Waals surface area contributed by atoms with E-state index in [2.05, 4.69) is 0 Å². The smallest absolute Gasteiger partial charge is 0.338 e. The first-order chi connectivity index (χ1) is 15.4. The van der Waals surface area contributed by atoms with Gasteiger partial charge in [0.1, 0.15) is 24.0 Å². The van der Waals surface area contributed by atoms with E-state index >= 15 is 0 Å². The van der Waals surface area contributed by atoms with E-state index in [0.717, 1.165) is 5.56 Å². The van der Waals surface area contributed by atoms with E-state index in [9.17, 15) is 20.2 Å². The average molecular weight is 435 g/mol. The molecule has 2 aromatic rings. The zero-order chi connectivity index (χ0) is 23.3. The highest BCUT2D eigenvalue weighted by molar-refractivity contribution is 5.92. The Labute approximate surface area is 184 Å². The molecule has 0 fully saturated rings. The molecule has 2 aromatic carbocycles. The number of ether oxygens (including phenoxy) is 3. The van der Waals surface area contributed by atoms with Crippen molar-refractivity contribution < 1.29 is 23.9 Å². The number of hydrogen-bond donors (Lipinski definition) is 1. The Balaban J connectivity index is 2.04. The van der Waals surface area contributed by atoms with Crippen molar-refractivity contribution in [1.82, 2.24) is 0 Å². The van der Waals surface area contributed by atoms with Crippen LogP contribution in [0.1, 0.15) is 30.9 Å². The van der Waals surface area contributed by atoms with Gasteiger partial charge in [-0.2, -0.15) is 5.26 Å². The summed E-state index contributed by atoms with van der Waals surface area (Å²) in [5, 5.41) is 21.4. The second-order valence-electron chi connectivity index (χ2n) is 6.87. The summed E-state index contributed by atoms with van der Waals surface area (Å²) in [6.07, 6.45) is 0. The Morgan fingerprint density at radius 3 is 2.62 bits per heavy atom. The summed E-state index contributed by atoms with van der Waals surface area (Å²) in [7, 11) is 0. The SMILES string of the molecule is CCOC(=O)C1=C(C)OC(N)=C(C#N)C1c1ccc(OCc2ccccc2)c([N+](=O)[O-])c1. The third-order valence-corrected chi connectivity index (χ3v) is 4.85. The fraction of sp³-hybridized carbons (Fsp3) is 0.217. The van der Waals surface area contributed by atoms with Crippen molar-refractivity contribution in [3.63, 3.8) is 0 Å². The predicted molar refractivity (Wildman–Crippen MR) is 114 cm³/mol. The van der Waals surface area contributed by atoms with Gasteiger partial charge in [0, 0.05) is 6.07 Å². The first-order valence-electron chi connectivity index (χ1n) is 9.77. The number of esters is 1. The number of nitriles is 1. The number of rotatable bonds is 7. The number of nitrogens with zero attached hydrogens (tertiary/aromatic N) is 2. The van der Waals surface area contributed by atoms with Gasteiger partial charge in [-0.1, -0.05) is 36.4 Å². The quantitative estimate of drug-likeness (QED) is 0.393. The summed E-state index contributed by atoms with van der Waals surface area (Å²) in [6, 6.07) is 15.4. The fourth-order valence-corrected chi connectivity index (χ4v) is 3.40. The Morgan fingerprint density at radius 2 is 2.00 bits per heavy atom. The van der Waals surface area contributed by atoms with Gasteiger partial charge in [0.25, 0.3) is 0 Å². The number of nitro benzene ring substituents is 1. The molecule has 0 aromatic heterocycles. The van der Waals surface area contributed by atoms with E-state index in [1.165, 1.54) is 19.1 Å². The Kier molecular flexibility index (Phi) is 6.75. The maximum atomic E-state index is 12.6. The van der Waals surface area contributed by atoms with Gasteiger partial charge >= 0.3 is 11.7 Å². The van der Waals surface area contributed by atoms with Crippen LogP contribution in [0.15, 0.2) is 71.3 Å². The molecule has 164 valence electrons. The Bertz CT molecular complexity index is 1150. The summed E-state index contributed by atoms with van der Waals surface area (Å²) >= 11 is 0. The first-order valence-corrected chi connectivity index (χ1v) is 9.77. The minimum absolute atomic E-state index is 0.0362. The van der Waals surface area contributed by atoms with Crippen LogP contribution in [-0.4, -0.2) is 17.5 Å². The summed E-state index contributed by atoms with van der Waals surface area (Å²) < 4.78 is 16.1. The molecule has 0 spiro atoms. The highest BCUT2D eigenvalue weighted by Gasteiger charge is 2.37. The molecule has 1 heterocycles. The number of nitro groups is 1. The lowest BCUT2D eigenvalue weighted by Crippen LogP contribution is -2.25. The van der Waals surface area contributed by atoms with Crippen molar-refractivity contribution in [1.29, 1.82) is 5.26 Å². The Morgan fingerprint density at radius 1 is 1.28 bits per heavy atom. The van der Waals surface area contributed by atoms with Crippen molar-refractivity contribution in [2.24, 2.45) is 5.73 Å². The van der Waals surface area contributed by atoms with Crippen LogP contribution in [0.3, 0.4) is 0 Å². The first kappa shape index (κ1) is 22.4. The van der Waals surface area contributed by atoms with Crippen LogP contribution >= 0.6 is 0 Å². The summed E-state index contributed by atoms with van der Waals surface area (Å²) in [5.74, 6) is -1.62. The van der Waals surface area contributed by atoms with Gasteiger partial charge in [-0.25, -0.2) is 4.79 Å². The van der Waals surface area contributed by atoms with Crippen LogP contribution in [-0.2, 0) is 20.9 Å². The minimum Gasteiger partial charge on any atom is -0.482 e. The van der Waals surface area contributed by atoms with Crippen molar-refractivity contribution >= 4 is 11.7 Å². The van der Waals surface area contributed by atoms with E-state index in [1.807, 2.05) is 36.4 Å². The van der Waals surface area contributed by atoms with Crippen LogP contribution in [0.25, 0.3) is 0 Å². The molecule has 0 amide bonds. The average Bonchev–Trinajstić information content (AvgIpc) is 2.78. The van der Waals surface area contributed by atoms with Crippen LogP contribution in [0, 0.1) is 21.4 Å². The van der Waals surface area contributed by atoms with Gasteiger partial charge in [-0.05, 0) is 31.0 Å². The molecule has 1 atom stereocenters. The van der Waals surface area contributed by atoms with E-state index in [-0.39, 0.29) is 47.4 Å². The van der Waals surface area contributed by atoms with Gasteiger partial charge in [0.05, 0.1) is 23.0 Å². The highest BCUT2D eigenvalue weighted by atomic mass is 16.6. The van der Waals surface area contributed by atoms with E-state index in [1.54, 1.807) is 13.0 Å². The number of benzene rings is 2. The number of nitrogens with two attached hydrogens (primary N) is 1. The lowest BCUT2D eigenvalue weighted by atomic mass is 9.83. The number of hydrogen-bond acceptors (Lipinski definition) is 8. The molecule has 0 radical (unpaired) electrons. The van der Waals surface area contributed by atoms with E-state index in [4.69, 9.17) is 19.9 Å². The minimum atomic E-state index is -0.977. The third-order valence-electron chi connectivity index (χ3n) is 4.85. The summed E-state index contributed by atoms with van der Waals surface area (Å²) in [4.78, 5) is 23.8. The van der Waals surface area contributed by atoms with Gasteiger partial charge in [-0.3, -0.25) is 10.1 Å². The van der Waals surface area contributed by atoms with E-state index in [0.29, 0.717) is 5.56 Å². The number of carbonyl (C=O) groups excluding carboxylic acids is 1. The standard InChI is InChI=1S/C23H21N3O6/c1-3-30-23(27)20-14(2)32-22(25)17(12-24)21(20)16-9-10-19(18(11-16)26(28)29)31-13-15-7-5-4-6-8-15/h4-11,21H,3,13,25H2,1-2H3. The molecular formula is C23H21N3O6. The van der Waals surface area contributed by atoms with Gasteiger partial charge in [-0.15, -0.1) is 0 Å². The Hall–Kier alpha value is -4.32. The second kappa shape index (κ2) is 9.66. The van der Waals surface area contributed by atoms with Gasteiger partial charge in [0.15, 0.2) is 5.75 Å². The topological polar surface area (TPSA) is 138 Å². The largest absolute Gasteiger partial charge is 0.482 e. The van der Waals surface area contributed by atoms with Crippen LogP contribution in [0.5, 0.6) is 5.75 Å². The number of carbonyl (C=O) groups is 1. The molecule has 0 saturated carbocycles. The molecule has 2 N–H and O–H groups in total.